The highest BCUT2D eigenvalue weighted by Crippen LogP contribution is 2.25. The van der Waals surface area contributed by atoms with Crippen LogP contribution < -0.4 is 5.73 Å². The van der Waals surface area contributed by atoms with Gasteiger partial charge in [-0.3, -0.25) is 4.21 Å². The molecule has 28 heavy (non-hydrogen) atoms. The molecule has 0 fully saturated rings. The maximum absolute atomic E-state index is 13.8. The zero-order valence-corrected chi connectivity index (χ0v) is 16.9. The first-order chi connectivity index (χ1) is 13.4. The van der Waals surface area contributed by atoms with Crippen molar-refractivity contribution in [2.24, 2.45) is 0 Å². The number of rotatable bonds is 8. The molecule has 2 aromatic heterocycles. The van der Waals surface area contributed by atoms with Crippen molar-refractivity contribution in [3.8, 4) is 0 Å². The van der Waals surface area contributed by atoms with Crippen LogP contribution in [0.25, 0.3) is 11.0 Å². The van der Waals surface area contributed by atoms with Gasteiger partial charge in [-0.1, -0.05) is 13.3 Å². The van der Waals surface area contributed by atoms with Crippen molar-refractivity contribution in [3.05, 3.63) is 47.4 Å². The first-order valence-electron chi connectivity index (χ1n) is 9.36. The van der Waals surface area contributed by atoms with E-state index < -0.39 is 22.4 Å². The third kappa shape index (κ3) is 4.22. The monoisotopic (exact) mass is 406 g/mol. The minimum Gasteiger partial charge on any atom is -0.382 e. The Morgan fingerprint density at radius 3 is 2.75 bits per heavy atom. The first-order valence-corrected chi connectivity index (χ1v) is 10.7. The predicted octanol–water partition coefficient (Wildman–Crippen LogP) is 4.14. The van der Waals surface area contributed by atoms with E-state index in [0.29, 0.717) is 24.3 Å². The molecule has 2 heterocycles. The number of unbranched alkanes of at least 4 members (excludes halogenated alkanes) is 1. The van der Waals surface area contributed by atoms with E-state index in [1.54, 1.807) is 6.20 Å². The van der Waals surface area contributed by atoms with Crippen LogP contribution in [0.15, 0.2) is 29.3 Å². The summed E-state index contributed by atoms with van der Waals surface area (Å²) in [6, 6.07) is 3.14. The van der Waals surface area contributed by atoms with Crippen LogP contribution in [0.2, 0.25) is 0 Å². The number of aromatic nitrogens is 3. The van der Waals surface area contributed by atoms with Crippen LogP contribution in [0.4, 0.5) is 14.6 Å². The molecule has 1 atom stereocenters. The summed E-state index contributed by atoms with van der Waals surface area (Å²) in [5.74, 6) is 0.150. The summed E-state index contributed by atoms with van der Waals surface area (Å²) >= 11 is 0. The maximum atomic E-state index is 13.8. The molecule has 3 rings (SSSR count). The van der Waals surface area contributed by atoms with Gasteiger partial charge < -0.3 is 10.3 Å². The standard InChI is InChI=1S/C20H24F2N4OS/c1-3-4-6-17-25-18-19(13(2)12-24-20(18)23)26(17)9-5-10-28(27)16-8-7-14(21)11-15(16)22/h7-8,11-12H,3-6,9-10H2,1-2H3,(H2,23,24). The fourth-order valence-corrected chi connectivity index (χ4v) is 4.36. The number of anilines is 1. The van der Waals surface area contributed by atoms with E-state index in [2.05, 4.69) is 21.5 Å². The highest BCUT2D eigenvalue weighted by atomic mass is 32.2. The molecule has 0 radical (unpaired) electrons. The van der Waals surface area contributed by atoms with Gasteiger partial charge >= 0.3 is 0 Å². The number of hydrogen-bond donors (Lipinski definition) is 1. The lowest BCUT2D eigenvalue weighted by Crippen LogP contribution is -2.09. The van der Waals surface area contributed by atoms with Crippen LogP contribution in [0.5, 0.6) is 0 Å². The maximum Gasteiger partial charge on any atom is 0.151 e. The molecule has 2 N–H and O–H groups in total. The van der Waals surface area contributed by atoms with Crippen LogP contribution >= 0.6 is 0 Å². The molecule has 0 spiro atoms. The van der Waals surface area contributed by atoms with Gasteiger partial charge in [0.2, 0.25) is 0 Å². The summed E-state index contributed by atoms with van der Waals surface area (Å²) in [4.78, 5) is 8.91. The van der Waals surface area contributed by atoms with Crippen molar-refractivity contribution in [2.45, 2.75) is 51.0 Å². The van der Waals surface area contributed by atoms with Crippen LogP contribution in [0.1, 0.15) is 37.6 Å². The Morgan fingerprint density at radius 2 is 2.04 bits per heavy atom. The highest BCUT2D eigenvalue weighted by Gasteiger charge is 2.16. The van der Waals surface area contributed by atoms with Crippen LogP contribution in [0, 0.1) is 18.6 Å². The molecule has 1 aromatic carbocycles. The second kappa shape index (κ2) is 8.77. The smallest absolute Gasteiger partial charge is 0.151 e. The summed E-state index contributed by atoms with van der Waals surface area (Å²) in [7, 11) is -1.53. The molecule has 0 aliphatic rings. The summed E-state index contributed by atoms with van der Waals surface area (Å²) < 4.78 is 41.4. The molecule has 5 nitrogen and oxygen atoms in total. The Labute approximate surface area is 165 Å². The Bertz CT molecular complexity index is 1020. The van der Waals surface area contributed by atoms with E-state index >= 15 is 0 Å². The van der Waals surface area contributed by atoms with E-state index in [1.807, 2.05) is 6.92 Å². The number of pyridine rings is 1. The Kier molecular flexibility index (Phi) is 6.39. The zero-order valence-electron chi connectivity index (χ0n) is 16.0. The number of hydrogen-bond acceptors (Lipinski definition) is 4. The Hall–Kier alpha value is -2.35. The third-order valence-electron chi connectivity index (χ3n) is 4.66. The fourth-order valence-electron chi connectivity index (χ4n) is 3.26. The number of imidazole rings is 1. The van der Waals surface area contributed by atoms with Gasteiger partial charge in [0.15, 0.2) is 5.82 Å². The Morgan fingerprint density at radius 1 is 1.25 bits per heavy atom. The van der Waals surface area contributed by atoms with Crippen LogP contribution in [-0.2, 0) is 23.8 Å². The lowest BCUT2D eigenvalue weighted by molar-refractivity contribution is 0.561. The first kappa shape index (κ1) is 20.4. The van der Waals surface area contributed by atoms with Gasteiger partial charge in [-0.25, -0.2) is 18.7 Å². The number of halogens is 2. The second-order valence-corrected chi connectivity index (χ2v) is 8.32. The van der Waals surface area contributed by atoms with E-state index in [9.17, 15) is 13.0 Å². The molecule has 1 unspecified atom stereocenters. The molecule has 0 saturated heterocycles. The van der Waals surface area contributed by atoms with E-state index in [-0.39, 0.29) is 10.6 Å². The van der Waals surface area contributed by atoms with Crippen molar-refractivity contribution >= 4 is 27.7 Å². The minimum atomic E-state index is -1.53. The van der Waals surface area contributed by atoms with Crippen LogP contribution in [-0.4, -0.2) is 24.5 Å². The zero-order chi connectivity index (χ0) is 20.3. The summed E-state index contributed by atoms with van der Waals surface area (Å²) in [6.45, 7) is 4.67. The number of nitrogen functional groups attached to an aromatic ring is 1. The lowest BCUT2D eigenvalue weighted by Gasteiger charge is -2.11. The average molecular weight is 407 g/mol. The molecule has 0 aliphatic carbocycles. The molecular formula is C20H24F2N4OS. The third-order valence-corrected chi connectivity index (χ3v) is 6.15. The number of nitrogens with zero attached hydrogens (tertiary/aromatic N) is 3. The van der Waals surface area contributed by atoms with Gasteiger partial charge in [-0.15, -0.1) is 0 Å². The summed E-state index contributed by atoms with van der Waals surface area (Å²) in [5.41, 5.74) is 8.62. The van der Waals surface area contributed by atoms with Gasteiger partial charge in [0.05, 0.1) is 21.2 Å². The van der Waals surface area contributed by atoms with Gasteiger partial charge in [0.25, 0.3) is 0 Å². The number of nitrogens with two attached hydrogens (primary N) is 1. The Balaban J connectivity index is 1.81. The average Bonchev–Trinajstić information content (AvgIpc) is 3.02. The number of fused-ring (bicyclic) bond motifs is 1. The fraction of sp³-hybridized carbons (Fsp3) is 0.400. The summed E-state index contributed by atoms with van der Waals surface area (Å²) in [6.07, 6.45) is 5.16. The largest absolute Gasteiger partial charge is 0.382 e. The van der Waals surface area contributed by atoms with Gasteiger partial charge in [0, 0.05) is 31.0 Å². The SMILES string of the molecule is CCCCc1nc2c(N)ncc(C)c2n1CCCS(=O)c1ccc(F)cc1F. The van der Waals surface area contributed by atoms with Crippen molar-refractivity contribution in [1.82, 2.24) is 14.5 Å². The van der Waals surface area contributed by atoms with Crippen LogP contribution in [0.3, 0.4) is 0 Å². The molecule has 3 aromatic rings. The second-order valence-electron chi connectivity index (χ2n) is 6.78. The molecule has 8 heteroatoms. The molecule has 150 valence electrons. The van der Waals surface area contributed by atoms with Gasteiger partial charge in [-0.2, -0.15) is 0 Å². The molecular weight excluding hydrogens is 382 g/mol. The van der Waals surface area contributed by atoms with Crippen molar-refractivity contribution in [1.29, 1.82) is 0 Å². The van der Waals surface area contributed by atoms with Gasteiger partial charge in [-0.05, 0) is 37.5 Å². The van der Waals surface area contributed by atoms with Crippen molar-refractivity contribution in [2.75, 3.05) is 11.5 Å². The predicted molar refractivity (Wildman–Crippen MR) is 108 cm³/mol. The number of aryl methyl sites for hydroxylation is 3. The number of benzene rings is 1. The molecule has 0 aliphatic heterocycles. The quantitative estimate of drug-likeness (QED) is 0.610. The molecule has 0 saturated carbocycles. The van der Waals surface area contributed by atoms with E-state index in [4.69, 9.17) is 5.73 Å². The highest BCUT2D eigenvalue weighted by molar-refractivity contribution is 7.85. The minimum absolute atomic E-state index is 0.0349. The van der Waals surface area contributed by atoms with Gasteiger partial charge in [0.1, 0.15) is 23.0 Å². The summed E-state index contributed by atoms with van der Waals surface area (Å²) in [5, 5.41) is 0. The molecule has 0 bridgehead atoms. The van der Waals surface area contributed by atoms with Crippen molar-refractivity contribution < 1.29 is 13.0 Å². The van der Waals surface area contributed by atoms with Crippen molar-refractivity contribution in [3.63, 3.8) is 0 Å². The molecule has 0 amide bonds. The van der Waals surface area contributed by atoms with E-state index in [0.717, 1.165) is 48.3 Å². The topological polar surface area (TPSA) is 73.8 Å². The lowest BCUT2D eigenvalue weighted by atomic mass is 10.2. The normalized spacial score (nSPS) is 12.6. The van der Waals surface area contributed by atoms with E-state index in [1.165, 1.54) is 6.07 Å².